The van der Waals surface area contributed by atoms with Crippen molar-refractivity contribution in [2.75, 3.05) is 6.61 Å². The molecule has 2 aromatic rings. The Bertz CT molecular complexity index is 889. The van der Waals surface area contributed by atoms with Crippen LogP contribution in [0, 0.1) is 22.0 Å². The van der Waals surface area contributed by atoms with Gasteiger partial charge in [0.2, 0.25) is 5.76 Å². The Kier molecular flexibility index (Phi) is 6.31. The number of nitrogens with zero attached hydrogens (tertiary/aromatic N) is 1. The van der Waals surface area contributed by atoms with Crippen molar-refractivity contribution in [2.24, 2.45) is 11.8 Å². The summed E-state index contributed by atoms with van der Waals surface area (Å²) in [6.07, 6.45) is 3.17. The minimum absolute atomic E-state index is 0.0346. The van der Waals surface area contributed by atoms with Crippen LogP contribution >= 0.6 is 0 Å². The van der Waals surface area contributed by atoms with Crippen molar-refractivity contribution < 1.29 is 23.7 Å². The molecule has 0 saturated heterocycles. The number of carbonyl (C=O) groups excluding carboxylic acids is 2. The molecule has 1 aliphatic carbocycles. The van der Waals surface area contributed by atoms with Gasteiger partial charge in [0.1, 0.15) is 5.76 Å². The molecule has 1 heterocycles. The van der Waals surface area contributed by atoms with Crippen LogP contribution in [0.4, 0.5) is 5.69 Å². The van der Waals surface area contributed by atoms with Crippen molar-refractivity contribution in [3.05, 3.63) is 52.3 Å². The van der Waals surface area contributed by atoms with Crippen molar-refractivity contribution in [1.29, 1.82) is 0 Å². The normalized spacial score (nSPS) is 21.4. The fourth-order valence-corrected chi connectivity index (χ4v) is 3.59. The van der Waals surface area contributed by atoms with Crippen molar-refractivity contribution >= 4 is 17.6 Å². The Morgan fingerprint density at radius 3 is 2.59 bits per heavy atom. The van der Waals surface area contributed by atoms with Gasteiger partial charge in [0.15, 0.2) is 6.61 Å². The molecule has 1 aliphatic rings. The summed E-state index contributed by atoms with van der Waals surface area (Å²) < 4.78 is 10.5. The molecule has 0 unspecified atom stereocenters. The molecule has 1 amide bonds. The number of nitro groups is 1. The van der Waals surface area contributed by atoms with Crippen molar-refractivity contribution in [3.63, 3.8) is 0 Å². The molecule has 154 valence electrons. The molecule has 1 fully saturated rings. The Morgan fingerprint density at radius 2 is 1.90 bits per heavy atom. The molecule has 29 heavy (non-hydrogen) atoms. The molecule has 1 aromatic heterocycles. The van der Waals surface area contributed by atoms with E-state index in [0.29, 0.717) is 23.2 Å². The maximum Gasteiger partial charge on any atom is 0.374 e. The van der Waals surface area contributed by atoms with Gasteiger partial charge >= 0.3 is 5.97 Å². The van der Waals surface area contributed by atoms with E-state index in [1.807, 2.05) is 0 Å². The quantitative estimate of drug-likeness (QED) is 0.446. The maximum atomic E-state index is 12.2. The van der Waals surface area contributed by atoms with E-state index in [9.17, 15) is 19.7 Å². The second kappa shape index (κ2) is 8.89. The van der Waals surface area contributed by atoms with Gasteiger partial charge in [-0.2, -0.15) is 0 Å². The fraction of sp³-hybridized carbons (Fsp3) is 0.429. The number of non-ortho nitro benzene ring substituents is 1. The van der Waals surface area contributed by atoms with Gasteiger partial charge in [-0.1, -0.05) is 26.7 Å². The molecular formula is C21H24N2O6. The van der Waals surface area contributed by atoms with E-state index in [1.165, 1.54) is 30.3 Å². The van der Waals surface area contributed by atoms with E-state index in [0.717, 1.165) is 19.3 Å². The SMILES string of the molecule is C[C@@H]1[C@@H](C)CCC[C@H]1NC(=O)COC(=O)c1ccc(-c2ccc([N+](=O)[O-])cc2)o1. The summed E-state index contributed by atoms with van der Waals surface area (Å²) in [5.74, 6) is 0.215. The Balaban J connectivity index is 1.53. The van der Waals surface area contributed by atoms with Crippen LogP contribution in [0.25, 0.3) is 11.3 Å². The van der Waals surface area contributed by atoms with E-state index < -0.39 is 10.9 Å². The zero-order valence-corrected chi connectivity index (χ0v) is 16.4. The molecular weight excluding hydrogens is 376 g/mol. The van der Waals surface area contributed by atoms with Crippen LogP contribution in [-0.2, 0) is 9.53 Å². The maximum absolute atomic E-state index is 12.2. The predicted octanol–water partition coefficient (Wildman–Crippen LogP) is 3.95. The first-order valence-electron chi connectivity index (χ1n) is 9.66. The Morgan fingerprint density at radius 1 is 1.17 bits per heavy atom. The minimum Gasteiger partial charge on any atom is -0.450 e. The van der Waals surface area contributed by atoms with Crippen LogP contribution in [0.5, 0.6) is 0 Å². The third-order valence-corrected chi connectivity index (χ3v) is 5.56. The second-order valence-corrected chi connectivity index (χ2v) is 7.49. The number of rotatable bonds is 6. The van der Waals surface area contributed by atoms with Gasteiger partial charge in [0.05, 0.1) is 4.92 Å². The average molecular weight is 400 g/mol. The predicted molar refractivity (Wildman–Crippen MR) is 105 cm³/mol. The smallest absolute Gasteiger partial charge is 0.374 e. The number of hydrogen-bond acceptors (Lipinski definition) is 6. The van der Waals surface area contributed by atoms with Crippen molar-refractivity contribution in [1.82, 2.24) is 5.32 Å². The topological polar surface area (TPSA) is 112 Å². The van der Waals surface area contributed by atoms with Crippen molar-refractivity contribution in [3.8, 4) is 11.3 Å². The number of carbonyl (C=O) groups is 2. The number of amides is 1. The highest BCUT2D eigenvalue weighted by Crippen LogP contribution is 2.29. The second-order valence-electron chi connectivity index (χ2n) is 7.49. The van der Waals surface area contributed by atoms with Gasteiger partial charge in [0, 0.05) is 23.7 Å². The molecule has 1 aromatic carbocycles. The third kappa shape index (κ3) is 5.01. The van der Waals surface area contributed by atoms with E-state index in [-0.39, 0.29) is 30.0 Å². The summed E-state index contributed by atoms with van der Waals surface area (Å²) in [4.78, 5) is 34.5. The van der Waals surface area contributed by atoms with Crippen LogP contribution in [0.3, 0.4) is 0 Å². The molecule has 3 rings (SSSR count). The highest BCUT2D eigenvalue weighted by Gasteiger charge is 2.28. The molecule has 0 aliphatic heterocycles. The van der Waals surface area contributed by atoms with Crippen LogP contribution in [0.1, 0.15) is 43.7 Å². The summed E-state index contributed by atoms with van der Waals surface area (Å²) in [6, 6.07) is 8.89. The summed E-state index contributed by atoms with van der Waals surface area (Å²) in [5, 5.41) is 13.7. The van der Waals surface area contributed by atoms with Crippen LogP contribution < -0.4 is 5.32 Å². The fourth-order valence-electron chi connectivity index (χ4n) is 3.59. The number of esters is 1. The Labute approximate surface area is 168 Å². The summed E-state index contributed by atoms with van der Waals surface area (Å²) in [7, 11) is 0. The number of nitro benzene ring substituents is 1. The molecule has 0 bridgehead atoms. The number of nitrogens with one attached hydrogen (secondary N) is 1. The molecule has 8 heteroatoms. The first-order chi connectivity index (χ1) is 13.8. The Hall–Kier alpha value is -3.16. The summed E-state index contributed by atoms with van der Waals surface area (Å²) >= 11 is 0. The standard InChI is InChI=1S/C21H24N2O6/c1-13-4-3-5-17(14(13)2)22-20(24)12-28-21(25)19-11-10-18(29-19)15-6-8-16(9-7-15)23(26)27/h6-11,13-14,17H,3-5,12H2,1-2H3,(H,22,24)/t13-,14+,17+/m0/s1. The summed E-state index contributed by atoms with van der Waals surface area (Å²) in [6.45, 7) is 3.94. The molecule has 3 atom stereocenters. The molecule has 1 saturated carbocycles. The number of hydrogen-bond donors (Lipinski definition) is 1. The third-order valence-electron chi connectivity index (χ3n) is 5.56. The lowest BCUT2D eigenvalue weighted by Gasteiger charge is -2.34. The molecule has 0 spiro atoms. The highest BCUT2D eigenvalue weighted by molar-refractivity contribution is 5.89. The number of furan rings is 1. The van der Waals surface area contributed by atoms with E-state index in [4.69, 9.17) is 9.15 Å². The molecule has 8 nitrogen and oxygen atoms in total. The van der Waals surface area contributed by atoms with Crippen LogP contribution in [0.15, 0.2) is 40.8 Å². The zero-order chi connectivity index (χ0) is 21.0. The van der Waals surface area contributed by atoms with Gasteiger partial charge in [-0.25, -0.2) is 4.79 Å². The van der Waals surface area contributed by atoms with E-state index >= 15 is 0 Å². The van der Waals surface area contributed by atoms with E-state index in [2.05, 4.69) is 19.2 Å². The van der Waals surface area contributed by atoms with Crippen molar-refractivity contribution in [2.45, 2.75) is 39.2 Å². The van der Waals surface area contributed by atoms with Gasteiger partial charge in [-0.3, -0.25) is 14.9 Å². The van der Waals surface area contributed by atoms with Gasteiger partial charge in [-0.15, -0.1) is 0 Å². The summed E-state index contributed by atoms with van der Waals surface area (Å²) in [5.41, 5.74) is 0.556. The zero-order valence-electron chi connectivity index (χ0n) is 16.4. The van der Waals surface area contributed by atoms with Gasteiger partial charge in [0.25, 0.3) is 11.6 Å². The monoisotopic (exact) mass is 400 g/mol. The lowest BCUT2D eigenvalue weighted by molar-refractivity contribution is -0.384. The molecule has 1 N–H and O–H groups in total. The first-order valence-corrected chi connectivity index (χ1v) is 9.66. The minimum atomic E-state index is -0.738. The van der Waals surface area contributed by atoms with Crippen LogP contribution in [-0.4, -0.2) is 29.4 Å². The molecule has 0 radical (unpaired) electrons. The lowest BCUT2D eigenvalue weighted by Crippen LogP contribution is -2.45. The first kappa shape index (κ1) is 20.6. The van der Waals surface area contributed by atoms with Gasteiger partial charge < -0.3 is 14.5 Å². The number of ether oxygens (including phenoxy) is 1. The van der Waals surface area contributed by atoms with E-state index in [1.54, 1.807) is 6.07 Å². The van der Waals surface area contributed by atoms with Crippen LogP contribution in [0.2, 0.25) is 0 Å². The highest BCUT2D eigenvalue weighted by atomic mass is 16.6. The number of benzene rings is 1. The largest absolute Gasteiger partial charge is 0.450 e. The average Bonchev–Trinajstić information content (AvgIpc) is 3.20. The van der Waals surface area contributed by atoms with Gasteiger partial charge in [-0.05, 0) is 42.5 Å². The lowest BCUT2D eigenvalue weighted by atomic mass is 9.78.